The number of amides is 1. The quantitative estimate of drug-likeness (QED) is 0.373. The summed E-state index contributed by atoms with van der Waals surface area (Å²) in [7, 11) is 0. The van der Waals surface area contributed by atoms with E-state index >= 15 is 0 Å². The lowest BCUT2D eigenvalue weighted by Gasteiger charge is -2.09. The first-order valence-corrected chi connectivity index (χ1v) is 7.47. The average Bonchev–Trinajstić information content (AvgIpc) is 2.93. The summed E-state index contributed by atoms with van der Waals surface area (Å²) < 4.78 is 39.1. The molecule has 9 heteroatoms. The molecule has 3 N–H and O–H groups in total. The van der Waals surface area contributed by atoms with E-state index in [1.165, 1.54) is 18.2 Å². The maximum absolute atomic E-state index is 12.9. The predicted octanol–water partition coefficient (Wildman–Crippen LogP) is 4.01. The van der Waals surface area contributed by atoms with Gasteiger partial charge in [-0.1, -0.05) is 18.2 Å². The fourth-order valence-corrected chi connectivity index (χ4v) is 2.49. The van der Waals surface area contributed by atoms with Crippen LogP contribution in [0.15, 0.2) is 47.6 Å². The number of nitrogens with one attached hydrogen (secondary N) is 3. The van der Waals surface area contributed by atoms with Crippen molar-refractivity contribution in [1.82, 2.24) is 15.4 Å². The molecule has 0 radical (unpaired) electrons. The van der Waals surface area contributed by atoms with E-state index in [0.717, 1.165) is 17.8 Å². The summed E-state index contributed by atoms with van der Waals surface area (Å²) in [5.74, 6) is -0.553. The van der Waals surface area contributed by atoms with Gasteiger partial charge in [0, 0.05) is 11.1 Å². The van der Waals surface area contributed by atoms with Crippen molar-refractivity contribution in [2.24, 2.45) is 5.10 Å². The largest absolute Gasteiger partial charge is 0.417 e. The average molecular weight is 364 g/mol. The molecule has 25 heavy (non-hydrogen) atoms. The van der Waals surface area contributed by atoms with Gasteiger partial charge >= 0.3 is 6.18 Å². The Morgan fingerprint density at radius 1 is 1.12 bits per heavy atom. The van der Waals surface area contributed by atoms with Crippen molar-refractivity contribution >= 4 is 35.4 Å². The molecule has 0 unspecified atom stereocenters. The third-order valence-corrected chi connectivity index (χ3v) is 3.62. The van der Waals surface area contributed by atoms with Gasteiger partial charge in [0.15, 0.2) is 4.77 Å². The Balaban J connectivity index is 1.77. The van der Waals surface area contributed by atoms with Crippen molar-refractivity contribution < 1.29 is 18.0 Å². The number of aromatic nitrogens is 2. The van der Waals surface area contributed by atoms with Crippen molar-refractivity contribution in [2.45, 2.75) is 6.18 Å². The summed E-state index contributed by atoms with van der Waals surface area (Å²) in [6.45, 7) is 0. The van der Waals surface area contributed by atoms with E-state index in [1.54, 1.807) is 18.2 Å². The predicted molar refractivity (Wildman–Crippen MR) is 90.0 cm³/mol. The van der Waals surface area contributed by atoms with E-state index in [-0.39, 0.29) is 5.56 Å². The lowest BCUT2D eigenvalue weighted by atomic mass is 10.1. The molecule has 0 aliphatic heterocycles. The highest BCUT2D eigenvalue weighted by Crippen LogP contribution is 2.31. The zero-order valence-electron chi connectivity index (χ0n) is 12.5. The summed E-state index contributed by atoms with van der Waals surface area (Å²) in [6.07, 6.45) is -3.54. The van der Waals surface area contributed by atoms with E-state index in [4.69, 9.17) is 12.2 Å². The van der Waals surface area contributed by atoms with Crippen LogP contribution in [0.4, 0.5) is 13.2 Å². The molecular weight excluding hydrogens is 353 g/mol. The highest BCUT2D eigenvalue weighted by atomic mass is 32.1. The first-order valence-electron chi connectivity index (χ1n) is 7.06. The number of hydrazone groups is 1. The summed E-state index contributed by atoms with van der Waals surface area (Å²) in [5, 5.41) is 3.61. The fraction of sp³-hybridized carbons (Fsp3) is 0.0625. The molecule has 128 valence electrons. The number of carbonyl (C=O) groups excluding carboxylic acids is 1. The maximum atomic E-state index is 12.9. The van der Waals surface area contributed by atoms with E-state index < -0.39 is 17.6 Å². The second-order valence-electron chi connectivity index (χ2n) is 5.12. The summed E-state index contributed by atoms with van der Waals surface area (Å²) >= 11 is 4.96. The standard InChI is InChI=1S/C16H11F3N4OS/c17-16(18,19)11-4-2-1-3-10(11)8-20-23-14(24)9-5-6-12-13(7-9)22-15(25)21-12/h1-8H,(H,23,24)(H2,21,22,25)/b20-8-. The Kier molecular flexibility index (Phi) is 4.41. The molecule has 1 heterocycles. The van der Waals surface area contributed by atoms with Crippen LogP contribution in [0.5, 0.6) is 0 Å². The number of rotatable bonds is 3. The molecule has 0 aliphatic rings. The molecule has 3 rings (SSSR count). The van der Waals surface area contributed by atoms with Crippen LogP contribution in [0.2, 0.25) is 0 Å². The molecule has 1 aromatic heterocycles. The monoisotopic (exact) mass is 364 g/mol. The second-order valence-corrected chi connectivity index (χ2v) is 5.53. The van der Waals surface area contributed by atoms with Crippen molar-refractivity contribution in [3.8, 4) is 0 Å². The molecule has 0 aliphatic carbocycles. The summed E-state index contributed by atoms with van der Waals surface area (Å²) in [4.78, 5) is 17.8. The number of carbonyl (C=O) groups is 1. The summed E-state index contributed by atoms with van der Waals surface area (Å²) in [5.41, 5.74) is 2.92. The minimum atomic E-state index is -4.50. The van der Waals surface area contributed by atoms with Crippen LogP contribution in [0.25, 0.3) is 11.0 Å². The normalized spacial score (nSPS) is 12.0. The minimum Gasteiger partial charge on any atom is -0.331 e. The molecule has 0 saturated heterocycles. The zero-order chi connectivity index (χ0) is 18.0. The van der Waals surface area contributed by atoms with Crippen molar-refractivity contribution in [3.05, 3.63) is 63.9 Å². The van der Waals surface area contributed by atoms with Crippen LogP contribution >= 0.6 is 12.2 Å². The first kappa shape index (κ1) is 16.9. The van der Waals surface area contributed by atoms with E-state index in [1.807, 2.05) is 0 Å². The van der Waals surface area contributed by atoms with Gasteiger partial charge in [0.05, 0.1) is 22.8 Å². The van der Waals surface area contributed by atoms with Gasteiger partial charge in [0.2, 0.25) is 0 Å². The van der Waals surface area contributed by atoms with Gasteiger partial charge in [-0.15, -0.1) is 0 Å². The number of imidazole rings is 1. The third kappa shape index (κ3) is 3.77. The number of fused-ring (bicyclic) bond motifs is 1. The van der Waals surface area contributed by atoms with Crippen molar-refractivity contribution in [1.29, 1.82) is 0 Å². The number of hydrogen-bond donors (Lipinski definition) is 3. The van der Waals surface area contributed by atoms with Crippen LogP contribution < -0.4 is 5.43 Å². The highest BCUT2D eigenvalue weighted by Gasteiger charge is 2.32. The van der Waals surface area contributed by atoms with Gasteiger partial charge in [0.25, 0.3) is 5.91 Å². The molecule has 5 nitrogen and oxygen atoms in total. The highest BCUT2D eigenvalue weighted by molar-refractivity contribution is 7.71. The van der Waals surface area contributed by atoms with Crippen LogP contribution in [0.3, 0.4) is 0 Å². The molecule has 0 fully saturated rings. The Hall–Kier alpha value is -2.94. The molecule has 0 bridgehead atoms. The van der Waals surface area contributed by atoms with Crippen LogP contribution in [-0.4, -0.2) is 22.1 Å². The van der Waals surface area contributed by atoms with Crippen LogP contribution in [0, 0.1) is 4.77 Å². The zero-order valence-corrected chi connectivity index (χ0v) is 13.3. The third-order valence-electron chi connectivity index (χ3n) is 3.41. The number of benzene rings is 2. The Bertz CT molecular complexity index is 1020. The van der Waals surface area contributed by atoms with Crippen molar-refractivity contribution in [2.75, 3.05) is 0 Å². The summed E-state index contributed by atoms with van der Waals surface area (Å²) in [6, 6.07) is 9.75. The van der Waals surface area contributed by atoms with Crippen molar-refractivity contribution in [3.63, 3.8) is 0 Å². The molecule has 0 atom stereocenters. The second kappa shape index (κ2) is 6.52. The Morgan fingerprint density at radius 2 is 1.84 bits per heavy atom. The van der Waals surface area contributed by atoms with Gasteiger partial charge in [-0.25, -0.2) is 5.43 Å². The van der Waals surface area contributed by atoms with E-state index in [9.17, 15) is 18.0 Å². The Labute approximate surface area is 144 Å². The van der Waals surface area contributed by atoms with Gasteiger partial charge in [0.1, 0.15) is 0 Å². The van der Waals surface area contributed by atoms with E-state index in [2.05, 4.69) is 20.5 Å². The van der Waals surface area contributed by atoms with Gasteiger partial charge in [-0.2, -0.15) is 18.3 Å². The maximum Gasteiger partial charge on any atom is 0.417 e. The van der Waals surface area contributed by atoms with Gasteiger partial charge in [-0.05, 0) is 36.5 Å². The van der Waals surface area contributed by atoms with Crippen LogP contribution in [-0.2, 0) is 6.18 Å². The van der Waals surface area contributed by atoms with E-state index in [0.29, 0.717) is 15.9 Å². The smallest absolute Gasteiger partial charge is 0.331 e. The number of alkyl halides is 3. The number of H-pyrrole nitrogens is 2. The molecule has 0 saturated carbocycles. The number of hydrogen-bond acceptors (Lipinski definition) is 3. The van der Waals surface area contributed by atoms with Crippen LogP contribution in [0.1, 0.15) is 21.5 Å². The molecular formula is C16H11F3N4OS. The Morgan fingerprint density at radius 3 is 2.60 bits per heavy atom. The topological polar surface area (TPSA) is 73.0 Å². The lowest BCUT2D eigenvalue weighted by molar-refractivity contribution is -0.137. The molecule has 0 spiro atoms. The first-order chi connectivity index (χ1) is 11.8. The van der Waals surface area contributed by atoms with Gasteiger partial charge < -0.3 is 9.97 Å². The SMILES string of the molecule is O=C(N/N=C\c1ccccc1C(F)(F)F)c1ccc2[nH]c(=S)[nH]c2c1. The fourth-order valence-electron chi connectivity index (χ4n) is 2.27. The lowest BCUT2D eigenvalue weighted by Crippen LogP contribution is -2.18. The van der Waals surface area contributed by atoms with Gasteiger partial charge in [-0.3, -0.25) is 4.79 Å². The minimum absolute atomic E-state index is 0.138. The number of nitrogens with zero attached hydrogens (tertiary/aromatic N) is 1. The number of halogens is 3. The molecule has 1 amide bonds. The molecule has 3 aromatic rings. The number of aromatic amines is 2. The molecule has 2 aromatic carbocycles.